The molecule has 0 fully saturated rings. The molecule has 1 aliphatic rings. The molecule has 1 amide bonds. The van der Waals surface area contributed by atoms with Crippen LogP contribution in [0.4, 0.5) is 4.39 Å². The van der Waals surface area contributed by atoms with Gasteiger partial charge in [0.25, 0.3) is 5.91 Å². The van der Waals surface area contributed by atoms with E-state index in [1.54, 1.807) is 30.3 Å². The molecule has 6 heteroatoms. The highest BCUT2D eigenvalue weighted by molar-refractivity contribution is 5.95. The number of ether oxygens (including phenoxy) is 3. The van der Waals surface area contributed by atoms with Gasteiger partial charge < -0.3 is 19.5 Å². The highest BCUT2D eigenvalue weighted by atomic mass is 19.1. The smallest absolute Gasteiger partial charge is 0.252 e. The minimum Gasteiger partial charge on any atom is -0.478 e. The number of para-hydroxylation sites is 1. The molecule has 0 bridgehead atoms. The fourth-order valence-corrected chi connectivity index (χ4v) is 2.05. The van der Waals surface area contributed by atoms with Gasteiger partial charge in [0.2, 0.25) is 6.79 Å². The van der Waals surface area contributed by atoms with Crippen LogP contribution < -0.4 is 19.5 Å². The highest BCUT2D eigenvalue weighted by Gasteiger charge is 2.15. The van der Waals surface area contributed by atoms with E-state index in [4.69, 9.17) is 14.2 Å². The Labute approximate surface area is 138 Å². The van der Waals surface area contributed by atoms with Gasteiger partial charge in [0, 0.05) is 5.56 Å². The first kappa shape index (κ1) is 15.7. The number of hydrogen-bond acceptors (Lipinski definition) is 4. The molecule has 0 aromatic heterocycles. The number of fused-ring (bicyclic) bond motifs is 1. The summed E-state index contributed by atoms with van der Waals surface area (Å²) in [4.78, 5) is 12.0. The highest BCUT2D eigenvalue weighted by Crippen LogP contribution is 2.32. The number of benzene rings is 2. The van der Waals surface area contributed by atoms with E-state index >= 15 is 0 Å². The quantitative estimate of drug-likeness (QED) is 0.876. The largest absolute Gasteiger partial charge is 0.478 e. The van der Waals surface area contributed by atoms with E-state index in [2.05, 4.69) is 17.2 Å². The summed E-state index contributed by atoms with van der Waals surface area (Å²) >= 11 is 0. The van der Waals surface area contributed by atoms with Gasteiger partial charge in [-0.1, -0.05) is 24.0 Å². The van der Waals surface area contributed by atoms with Crippen LogP contribution in [-0.2, 0) is 0 Å². The molecular formula is C18H14FNO4. The van der Waals surface area contributed by atoms with E-state index in [-0.39, 0.29) is 31.6 Å². The topological polar surface area (TPSA) is 56.8 Å². The van der Waals surface area contributed by atoms with Crippen LogP contribution in [0.5, 0.6) is 17.2 Å². The summed E-state index contributed by atoms with van der Waals surface area (Å²) in [5.74, 6) is 6.07. The molecule has 1 N–H and O–H groups in total. The number of rotatable bonds is 4. The van der Waals surface area contributed by atoms with Crippen LogP contribution in [0, 0.1) is 17.7 Å². The molecule has 5 nitrogen and oxygen atoms in total. The molecule has 0 unspecified atom stereocenters. The lowest BCUT2D eigenvalue weighted by atomic mass is 10.2. The monoisotopic (exact) mass is 327 g/mol. The summed E-state index contributed by atoms with van der Waals surface area (Å²) in [6, 6.07) is 11.1. The predicted octanol–water partition coefficient (Wildman–Crippen LogP) is 2.37. The summed E-state index contributed by atoms with van der Waals surface area (Å²) in [5.41, 5.74) is 0.462. The standard InChI is InChI=1S/C18H14FNO4/c19-14-5-1-2-6-15(14)22-10-4-3-9-20-18(21)13-7-8-16-17(11-13)24-12-23-16/h1-2,5-8,11H,9-10,12H2,(H,20,21). The Morgan fingerprint density at radius 1 is 1.17 bits per heavy atom. The SMILES string of the molecule is O=C(NCC#CCOc1ccccc1F)c1ccc2c(c1)OCO2. The molecule has 0 aliphatic carbocycles. The van der Waals surface area contributed by atoms with Crippen LogP contribution in [0.15, 0.2) is 42.5 Å². The second-order valence-corrected chi connectivity index (χ2v) is 4.82. The van der Waals surface area contributed by atoms with E-state index < -0.39 is 5.82 Å². The maximum atomic E-state index is 13.3. The molecule has 2 aromatic rings. The van der Waals surface area contributed by atoms with Gasteiger partial charge in [0.15, 0.2) is 23.1 Å². The lowest BCUT2D eigenvalue weighted by Crippen LogP contribution is -2.23. The normalized spacial score (nSPS) is 11.4. The van der Waals surface area contributed by atoms with E-state index in [9.17, 15) is 9.18 Å². The Hall–Kier alpha value is -3.20. The molecule has 122 valence electrons. The first-order chi connectivity index (χ1) is 11.7. The molecular weight excluding hydrogens is 313 g/mol. The van der Waals surface area contributed by atoms with Crippen molar-refractivity contribution in [3.05, 3.63) is 53.8 Å². The van der Waals surface area contributed by atoms with Gasteiger partial charge in [-0.2, -0.15) is 0 Å². The van der Waals surface area contributed by atoms with Crippen LogP contribution in [0.3, 0.4) is 0 Å². The Balaban J connectivity index is 1.45. The van der Waals surface area contributed by atoms with Crippen LogP contribution in [0.1, 0.15) is 10.4 Å². The van der Waals surface area contributed by atoms with Crippen molar-refractivity contribution in [2.45, 2.75) is 0 Å². The number of amides is 1. The summed E-state index contributed by atoms with van der Waals surface area (Å²) in [6.07, 6.45) is 0. The van der Waals surface area contributed by atoms with Crippen molar-refractivity contribution in [2.75, 3.05) is 19.9 Å². The van der Waals surface area contributed by atoms with Crippen molar-refractivity contribution < 1.29 is 23.4 Å². The average Bonchev–Trinajstić information content (AvgIpc) is 3.07. The van der Waals surface area contributed by atoms with Gasteiger partial charge >= 0.3 is 0 Å². The van der Waals surface area contributed by atoms with Crippen molar-refractivity contribution in [3.63, 3.8) is 0 Å². The fourth-order valence-electron chi connectivity index (χ4n) is 2.05. The number of carbonyl (C=O) groups is 1. The minimum atomic E-state index is -0.435. The van der Waals surface area contributed by atoms with Gasteiger partial charge in [0.05, 0.1) is 6.54 Å². The third-order valence-corrected chi connectivity index (χ3v) is 3.23. The van der Waals surface area contributed by atoms with Crippen LogP contribution >= 0.6 is 0 Å². The molecule has 0 spiro atoms. The second kappa shape index (κ2) is 7.38. The minimum absolute atomic E-state index is 0.0425. The maximum Gasteiger partial charge on any atom is 0.252 e. The lowest BCUT2D eigenvalue weighted by molar-refractivity contribution is 0.0958. The first-order valence-electron chi connectivity index (χ1n) is 7.25. The zero-order valence-electron chi connectivity index (χ0n) is 12.7. The van der Waals surface area contributed by atoms with Crippen LogP contribution in [-0.4, -0.2) is 25.9 Å². The zero-order chi connectivity index (χ0) is 16.8. The average molecular weight is 327 g/mol. The van der Waals surface area contributed by atoms with Crippen LogP contribution in [0.25, 0.3) is 0 Å². The lowest BCUT2D eigenvalue weighted by Gasteiger charge is -2.03. The third kappa shape index (κ3) is 3.76. The molecule has 1 aliphatic heterocycles. The summed E-state index contributed by atoms with van der Waals surface area (Å²) in [6.45, 7) is 0.364. The summed E-state index contributed by atoms with van der Waals surface area (Å²) in [7, 11) is 0. The first-order valence-corrected chi connectivity index (χ1v) is 7.25. The van der Waals surface area contributed by atoms with Crippen molar-refractivity contribution in [1.29, 1.82) is 0 Å². The Morgan fingerprint density at radius 3 is 2.88 bits per heavy atom. The third-order valence-electron chi connectivity index (χ3n) is 3.23. The van der Waals surface area contributed by atoms with E-state index in [1.165, 1.54) is 12.1 Å². The molecule has 0 saturated carbocycles. The molecule has 2 aromatic carbocycles. The summed E-state index contributed by atoms with van der Waals surface area (Å²) < 4.78 is 28.9. The van der Waals surface area contributed by atoms with Gasteiger partial charge in [-0.05, 0) is 30.3 Å². The zero-order valence-corrected chi connectivity index (χ0v) is 12.7. The maximum absolute atomic E-state index is 13.3. The van der Waals surface area contributed by atoms with E-state index in [0.29, 0.717) is 17.1 Å². The molecule has 24 heavy (non-hydrogen) atoms. The van der Waals surface area contributed by atoms with Gasteiger partial charge in [-0.25, -0.2) is 4.39 Å². The van der Waals surface area contributed by atoms with Crippen molar-refractivity contribution in [1.82, 2.24) is 5.32 Å². The molecule has 1 heterocycles. The number of nitrogens with one attached hydrogen (secondary N) is 1. The Morgan fingerprint density at radius 2 is 2.00 bits per heavy atom. The van der Waals surface area contributed by atoms with Crippen molar-refractivity contribution >= 4 is 5.91 Å². The van der Waals surface area contributed by atoms with Gasteiger partial charge in [0.1, 0.15) is 6.61 Å². The van der Waals surface area contributed by atoms with Crippen molar-refractivity contribution in [3.8, 4) is 29.1 Å². The number of halogens is 1. The molecule has 0 radical (unpaired) electrons. The second-order valence-electron chi connectivity index (χ2n) is 4.82. The van der Waals surface area contributed by atoms with Crippen molar-refractivity contribution in [2.24, 2.45) is 0 Å². The predicted molar refractivity (Wildman–Crippen MR) is 84.6 cm³/mol. The Kier molecular flexibility index (Phi) is 4.82. The number of carbonyl (C=O) groups excluding carboxylic acids is 1. The van der Waals surface area contributed by atoms with Crippen LogP contribution in [0.2, 0.25) is 0 Å². The fraction of sp³-hybridized carbons (Fsp3) is 0.167. The van der Waals surface area contributed by atoms with Gasteiger partial charge in [-0.3, -0.25) is 4.79 Å². The molecule has 3 rings (SSSR count). The van der Waals surface area contributed by atoms with E-state index in [0.717, 1.165) is 0 Å². The summed E-state index contributed by atoms with van der Waals surface area (Å²) in [5, 5.41) is 2.66. The van der Waals surface area contributed by atoms with E-state index in [1.807, 2.05) is 0 Å². The molecule has 0 saturated heterocycles. The Bertz CT molecular complexity index is 810. The molecule has 0 atom stereocenters. The van der Waals surface area contributed by atoms with Gasteiger partial charge in [-0.15, -0.1) is 0 Å². The number of hydrogen-bond donors (Lipinski definition) is 1.